The van der Waals surface area contributed by atoms with Gasteiger partial charge in [0, 0.05) is 11.1 Å². The van der Waals surface area contributed by atoms with Gasteiger partial charge in [-0.25, -0.2) is 0 Å². The van der Waals surface area contributed by atoms with Gasteiger partial charge in [-0.05, 0) is 194 Å². The Morgan fingerprint density at radius 1 is 0.308 bits per heavy atom. The number of aryl methyl sites for hydroxylation is 3. The molecule has 0 aliphatic heterocycles. The Labute approximate surface area is 373 Å². The van der Waals surface area contributed by atoms with Gasteiger partial charge in [-0.2, -0.15) is 21.0 Å². The summed E-state index contributed by atoms with van der Waals surface area (Å²) in [5.41, 5.74) is 10.9. The van der Waals surface area contributed by atoms with Crippen molar-refractivity contribution in [2.75, 3.05) is 0 Å². The van der Waals surface area contributed by atoms with Crippen LogP contribution in [0.15, 0.2) is 140 Å². The van der Waals surface area contributed by atoms with Crippen molar-refractivity contribution in [3.05, 3.63) is 178 Å². The zero-order valence-electron chi connectivity index (χ0n) is 35.6. The van der Waals surface area contributed by atoms with Gasteiger partial charge in [0.05, 0.1) is 46.5 Å². The van der Waals surface area contributed by atoms with Gasteiger partial charge in [0.25, 0.3) is 0 Å². The van der Waals surface area contributed by atoms with E-state index in [1.165, 1.54) is 54.6 Å². The number of hydrogen-bond acceptors (Lipinski definition) is 4. The molecule has 0 bridgehead atoms. The second-order valence-corrected chi connectivity index (χ2v) is 17.7. The van der Waals surface area contributed by atoms with Crippen LogP contribution in [-0.4, -0.2) is 0 Å². The van der Waals surface area contributed by atoms with E-state index in [-0.39, 0.29) is 0 Å². The molecule has 0 aliphatic carbocycles. The van der Waals surface area contributed by atoms with Crippen molar-refractivity contribution in [1.82, 2.24) is 0 Å². The quantitative estimate of drug-likeness (QED) is 0.166. The molecule has 13 aromatic carbocycles. The average molecular weight is 821 g/mol. The Morgan fingerprint density at radius 3 is 1.46 bits per heavy atom. The van der Waals surface area contributed by atoms with Gasteiger partial charge in [-0.1, -0.05) is 103 Å². The van der Waals surface area contributed by atoms with E-state index in [1.54, 1.807) is 18.2 Å². The lowest BCUT2D eigenvalue weighted by Gasteiger charge is -2.19. The lowest BCUT2D eigenvalue weighted by molar-refractivity contribution is 1.32. The summed E-state index contributed by atoms with van der Waals surface area (Å²) >= 11 is 0. The molecule has 0 fully saturated rings. The third kappa shape index (κ3) is 4.76. The Balaban J connectivity index is 1.32. The summed E-state index contributed by atoms with van der Waals surface area (Å²) in [5, 5.41) is 62.0. The zero-order chi connectivity index (χ0) is 44.0. The van der Waals surface area contributed by atoms with Crippen LogP contribution < -0.4 is 0 Å². The minimum Gasteiger partial charge on any atom is -0.192 e. The van der Waals surface area contributed by atoms with Crippen LogP contribution in [0, 0.1) is 66.1 Å². The highest BCUT2D eigenvalue weighted by Gasteiger charge is 2.28. The van der Waals surface area contributed by atoms with E-state index in [4.69, 9.17) is 0 Å². The van der Waals surface area contributed by atoms with E-state index < -0.39 is 0 Å². The second-order valence-electron chi connectivity index (χ2n) is 17.7. The number of rotatable bonds is 3. The Bertz CT molecular complexity index is 4460. The molecule has 0 unspecified atom stereocenters. The van der Waals surface area contributed by atoms with Crippen LogP contribution in [0.25, 0.3) is 130 Å². The van der Waals surface area contributed by atoms with E-state index in [1.807, 2.05) is 18.2 Å². The maximum Gasteiger partial charge on any atom is 0.0998 e. The lowest BCUT2D eigenvalue weighted by Crippen LogP contribution is -1.94. The monoisotopic (exact) mass is 820 g/mol. The summed E-state index contributed by atoms with van der Waals surface area (Å²) in [5.74, 6) is 0. The molecule has 0 spiro atoms. The van der Waals surface area contributed by atoms with Crippen molar-refractivity contribution < 1.29 is 0 Å². The Hall–Kier alpha value is -9.06. The first-order valence-electron chi connectivity index (χ1n) is 21.7. The molecule has 0 N–H and O–H groups in total. The number of fused-ring (bicyclic) bond motifs is 7. The standard InChI is InChI=1S/C61H32N4/c1-31-20-32(2)53(33(3)21-31)44-18-19-47-56-43(44)8-5-9-46(56)60-57(41-15-10-34(27-62)22-39(41)29-64)51-25-48-45-17-14-37-13-12-36-6-4-7-38-24-50(59(45)55(37)54(36)38)49(48)26-52(51)58(61(47)60)42-16-11-35(28-63)23-40(42)30-65/h4-26H,1-3H3. The fourth-order valence-corrected chi connectivity index (χ4v) is 11.9. The van der Waals surface area contributed by atoms with E-state index in [0.29, 0.717) is 22.3 Å². The molecule has 13 aromatic rings. The molecular weight excluding hydrogens is 789 g/mol. The van der Waals surface area contributed by atoms with Gasteiger partial charge in [0.15, 0.2) is 0 Å². The lowest BCUT2D eigenvalue weighted by atomic mass is 9.83. The molecule has 0 saturated carbocycles. The summed E-state index contributed by atoms with van der Waals surface area (Å²) < 4.78 is 0. The van der Waals surface area contributed by atoms with Crippen LogP contribution in [0.5, 0.6) is 0 Å². The number of hydrogen-bond donors (Lipinski definition) is 0. The van der Waals surface area contributed by atoms with Crippen LogP contribution in [0.3, 0.4) is 0 Å². The van der Waals surface area contributed by atoms with Crippen LogP contribution in [-0.2, 0) is 0 Å². The van der Waals surface area contributed by atoms with E-state index in [9.17, 15) is 21.0 Å². The Kier molecular flexibility index (Phi) is 7.31. The summed E-state index contributed by atoms with van der Waals surface area (Å²) in [7, 11) is 0. The molecule has 0 atom stereocenters. The van der Waals surface area contributed by atoms with Crippen molar-refractivity contribution in [3.63, 3.8) is 0 Å². The SMILES string of the molecule is Cc1cc(C)c(-c2ccc3c4c(-c5ccc(C#N)cc5C#N)c5cc6c(cc5c(-c5ccc(C#N)cc5C#N)c4c4cccc2c43)c2ccc3ccc4cccc5cc6c2c3c45)c(C)c1. The molecule has 0 radical (unpaired) electrons. The topological polar surface area (TPSA) is 95.2 Å². The maximum atomic E-state index is 10.9. The fraction of sp³-hybridized carbons (Fsp3) is 0.0492. The van der Waals surface area contributed by atoms with Gasteiger partial charge in [-0.15, -0.1) is 0 Å². The van der Waals surface area contributed by atoms with E-state index in [0.717, 1.165) is 92.5 Å². The summed E-state index contributed by atoms with van der Waals surface area (Å²) in [6.45, 7) is 6.50. The van der Waals surface area contributed by atoms with Crippen molar-refractivity contribution in [2.45, 2.75) is 20.8 Å². The molecule has 296 valence electrons. The fourth-order valence-electron chi connectivity index (χ4n) is 11.9. The van der Waals surface area contributed by atoms with Crippen molar-refractivity contribution in [1.29, 1.82) is 21.0 Å². The molecular formula is C61H32N4. The first-order chi connectivity index (χ1) is 31.8. The Morgan fingerprint density at radius 2 is 0.831 bits per heavy atom. The molecule has 4 nitrogen and oxygen atoms in total. The third-order valence-electron chi connectivity index (χ3n) is 14.3. The highest BCUT2D eigenvalue weighted by Crippen LogP contribution is 2.55. The summed E-state index contributed by atoms with van der Waals surface area (Å²) in [6, 6.07) is 58.3. The second kappa shape index (κ2) is 13.0. The zero-order valence-corrected chi connectivity index (χ0v) is 35.6. The highest BCUT2D eigenvalue weighted by atomic mass is 14.3. The molecule has 0 saturated heterocycles. The molecule has 65 heavy (non-hydrogen) atoms. The van der Waals surface area contributed by atoms with Crippen molar-refractivity contribution >= 4 is 97.0 Å². The van der Waals surface area contributed by atoms with Gasteiger partial charge in [-0.3, -0.25) is 0 Å². The van der Waals surface area contributed by atoms with Crippen molar-refractivity contribution in [3.8, 4) is 57.7 Å². The molecule has 4 heteroatoms. The number of nitrogens with zero attached hydrogens (tertiary/aromatic N) is 4. The highest BCUT2D eigenvalue weighted by molar-refractivity contribution is 6.44. The van der Waals surface area contributed by atoms with Gasteiger partial charge in [0.2, 0.25) is 0 Å². The maximum absolute atomic E-state index is 10.9. The van der Waals surface area contributed by atoms with Crippen molar-refractivity contribution in [2.24, 2.45) is 0 Å². The van der Waals surface area contributed by atoms with E-state index >= 15 is 0 Å². The van der Waals surface area contributed by atoms with Gasteiger partial charge in [0.1, 0.15) is 0 Å². The average Bonchev–Trinajstić information content (AvgIpc) is 3.83. The molecule has 0 aromatic heterocycles. The predicted octanol–water partition coefficient (Wildman–Crippen LogP) is 15.8. The van der Waals surface area contributed by atoms with Crippen LogP contribution >= 0.6 is 0 Å². The van der Waals surface area contributed by atoms with E-state index in [2.05, 4.69) is 148 Å². The molecule has 0 amide bonds. The summed E-state index contributed by atoms with van der Waals surface area (Å²) in [4.78, 5) is 0. The van der Waals surface area contributed by atoms with Crippen LogP contribution in [0.4, 0.5) is 0 Å². The largest absolute Gasteiger partial charge is 0.192 e. The van der Waals surface area contributed by atoms with Gasteiger partial charge < -0.3 is 0 Å². The first-order valence-corrected chi connectivity index (χ1v) is 21.7. The number of benzene rings is 11. The minimum absolute atomic E-state index is 0.411. The normalized spacial score (nSPS) is 11.9. The number of nitriles is 4. The predicted molar refractivity (Wildman–Crippen MR) is 267 cm³/mol. The molecule has 13 rings (SSSR count). The summed E-state index contributed by atoms with van der Waals surface area (Å²) in [6.07, 6.45) is 0. The third-order valence-corrected chi connectivity index (χ3v) is 14.3. The van der Waals surface area contributed by atoms with Crippen LogP contribution in [0.1, 0.15) is 38.9 Å². The first kappa shape index (κ1) is 36.6. The van der Waals surface area contributed by atoms with Gasteiger partial charge >= 0.3 is 0 Å². The molecule has 0 heterocycles. The molecule has 0 aliphatic rings. The minimum atomic E-state index is 0.411. The van der Waals surface area contributed by atoms with Crippen LogP contribution in [0.2, 0.25) is 0 Å². The smallest absolute Gasteiger partial charge is 0.0998 e.